The molecular weight excluding hydrogens is 450 g/mol. The first-order valence-electron chi connectivity index (χ1n) is 10.7. The third kappa shape index (κ3) is 3.86. The molecular formula is C22H29N3O7S. The van der Waals surface area contributed by atoms with E-state index in [9.17, 15) is 13.2 Å². The zero-order valence-electron chi connectivity index (χ0n) is 19.4. The lowest BCUT2D eigenvalue weighted by Crippen LogP contribution is -2.45. The van der Waals surface area contributed by atoms with Crippen molar-refractivity contribution >= 4 is 15.8 Å². The zero-order chi connectivity index (χ0) is 24.0. The summed E-state index contributed by atoms with van der Waals surface area (Å²) in [6, 6.07) is 3.34. The average molecular weight is 480 g/mol. The second kappa shape index (κ2) is 8.28. The van der Waals surface area contributed by atoms with Gasteiger partial charge in [0.05, 0.1) is 33.6 Å². The minimum Gasteiger partial charge on any atom is -0.493 e. The lowest BCUT2D eigenvalue weighted by Gasteiger charge is -2.36. The smallest absolute Gasteiger partial charge is 0.242 e. The number of methoxy groups -OCH3 is 3. The van der Waals surface area contributed by atoms with Crippen molar-refractivity contribution in [2.75, 3.05) is 27.1 Å². The van der Waals surface area contributed by atoms with Gasteiger partial charge >= 0.3 is 0 Å². The highest BCUT2D eigenvalue weighted by Gasteiger charge is 2.65. The van der Waals surface area contributed by atoms with Crippen LogP contribution in [0.1, 0.15) is 39.0 Å². The SMILES string of the molecule is COc1cc(-c2noc(CNS(=O)(=O)CC34CCC(CC3=O)C4(C)C)n2)cc(OC)c1OC. The number of Topliss-reactive ketones (excluding diaryl/α,β-unsaturated/α-hetero) is 1. The maximum Gasteiger partial charge on any atom is 0.242 e. The fourth-order valence-corrected chi connectivity index (χ4v) is 7.08. The van der Waals surface area contributed by atoms with Gasteiger partial charge in [0.25, 0.3) is 0 Å². The number of nitrogens with zero attached hydrogens (tertiary/aromatic N) is 2. The van der Waals surface area contributed by atoms with Crippen LogP contribution in [0.25, 0.3) is 11.4 Å². The highest BCUT2D eigenvalue weighted by atomic mass is 32.2. The van der Waals surface area contributed by atoms with Crippen molar-refractivity contribution in [1.29, 1.82) is 0 Å². The molecule has 2 atom stereocenters. The summed E-state index contributed by atoms with van der Waals surface area (Å²) in [7, 11) is 0.752. The van der Waals surface area contributed by atoms with Crippen molar-refractivity contribution < 1.29 is 31.9 Å². The van der Waals surface area contributed by atoms with Gasteiger partial charge in [0.1, 0.15) is 5.78 Å². The molecule has 2 aliphatic carbocycles. The topological polar surface area (TPSA) is 130 Å². The Bertz CT molecular complexity index is 1150. The van der Waals surface area contributed by atoms with E-state index in [1.54, 1.807) is 12.1 Å². The number of carbonyl (C=O) groups is 1. The second-order valence-corrected chi connectivity index (χ2v) is 11.0. The first-order valence-corrected chi connectivity index (χ1v) is 12.4. The van der Waals surface area contributed by atoms with Gasteiger partial charge in [-0.25, -0.2) is 13.1 Å². The van der Waals surface area contributed by atoms with Crippen molar-refractivity contribution in [2.45, 2.75) is 39.7 Å². The van der Waals surface area contributed by atoms with Gasteiger partial charge in [-0.1, -0.05) is 19.0 Å². The molecule has 0 spiro atoms. The van der Waals surface area contributed by atoms with Crippen LogP contribution in [-0.2, 0) is 21.4 Å². The van der Waals surface area contributed by atoms with E-state index >= 15 is 0 Å². The molecule has 4 rings (SSSR count). The Morgan fingerprint density at radius 2 is 1.82 bits per heavy atom. The maximum atomic E-state index is 12.9. The van der Waals surface area contributed by atoms with Crippen LogP contribution in [0.5, 0.6) is 17.2 Å². The molecule has 11 heteroatoms. The van der Waals surface area contributed by atoms with Gasteiger partial charge in [0.15, 0.2) is 11.5 Å². The Hall–Kier alpha value is -2.66. The van der Waals surface area contributed by atoms with Gasteiger partial charge in [-0.05, 0) is 36.3 Å². The molecule has 10 nitrogen and oxygen atoms in total. The van der Waals surface area contributed by atoms with Gasteiger partial charge in [-0.15, -0.1) is 0 Å². The normalized spacial score (nSPS) is 23.7. The van der Waals surface area contributed by atoms with Crippen LogP contribution in [0.15, 0.2) is 16.7 Å². The summed E-state index contributed by atoms with van der Waals surface area (Å²) in [5.74, 6) is 1.70. The highest BCUT2D eigenvalue weighted by molar-refractivity contribution is 7.89. The van der Waals surface area contributed by atoms with Crippen molar-refractivity contribution in [3.8, 4) is 28.6 Å². The van der Waals surface area contributed by atoms with Gasteiger partial charge in [0, 0.05) is 17.4 Å². The molecule has 0 amide bonds. The van der Waals surface area contributed by atoms with Crippen LogP contribution < -0.4 is 18.9 Å². The first kappa shape index (κ1) is 23.5. The number of aromatic nitrogens is 2. The largest absolute Gasteiger partial charge is 0.493 e. The van der Waals surface area contributed by atoms with Crippen LogP contribution >= 0.6 is 0 Å². The van der Waals surface area contributed by atoms with Crippen molar-refractivity contribution in [2.24, 2.45) is 16.7 Å². The molecule has 0 saturated heterocycles. The molecule has 1 aromatic heterocycles. The molecule has 1 N–H and O–H groups in total. The van der Waals surface area contributed by atoms with E-state index in [0.29, 0.717) is 35.7 Å². The number of ether oxygens (including phenoxy) is 3. The Labute approximate surface area is 193 Å². The maximum absolute atomic E-state index is 12.9. The minimum absolute atomic E-state index is 0.0524. The summed E-state index contributed by atoms with van der Waals surface area (Å²) < 4.78 is 49.5. The Morgan fingerprint density at radius 1 is 1.15 bits per heavy atom. The number of sulfonamides is 1. The number of carbonyl (C=O) groups excluding carboxylic acids is 1. The quantitative estimate of drug-likeness (QED) is 0.577. The van der Waals surface area contributed by atoms with E-state index in [0.717, 1.165) is 6.42 Å². The molecule has 0 radical (unpaired) electrons. The van der Waals surface area contributed by atoms with Gasteiger partial charge < -0.3 is 18.7 Å². The molecule has 33 heavy (non-hydrogen) atoms. The molecule has 1 heterocycles. The first-order chi connectivity index (χ1) is 15.6. The average Bonchev–Trinajstić information content (AvgIpc) is 3.40. The molecule has 2 aromatic rings. The van der Waals surface area contributed by atoms with Crippen molar-refractivity contribution in [3.05, 3.63) is 18.0 Å². The fourth-order valence-electron chi connectivity index (χ4n) is 5.31. The number of fused-ring (bicyclic) bond motifs is 2. The molecule has 2 saturated carbocycles. The number of benzene rings is 1. The third-order valence-electron chi connectivity index (χ3n) is 7.41. The predicted octanol–water partition coefficient (Wildman–Crippen LogP) is 2.58. The standard InChI is InChI=1S/C22H29N3O7S/c1-21(2)14-6-7-22(21,17(26)10-14)12-33(27,28)23-11-18-24-20(25-32-18)13-8-15(29-3)19(31-5)16(9-13)30-4/h8-9,14,23H,6-7,10-12H2,1-5H3. The summed E-state index contributed by atoms with van der Waals surface area (Å²) in [5, 5.41) is 3.94. The number of ketones is 1. The third-order valence-corrected chi connectivity index (χ3v) is 8.87. The summed E-state index contributed by atoms with van der Waals surface area (Å²) in [6.45, 7) is 3.84. The predicted molar refractivity (Wildman–Crippen MR) is 119 cm³/mol. The second-order valence-electron chi connectivity index (χ2n) is 9.17. The van der Waals surface area contributed by atoms with E-state index in [1.807, 2.05) is 13.8 Å². The van der Waals surface area contributed by atoms with E-state index in [4.69, 9.17) is 18.7 Å². The minimum atomic E-state index is -3.75. The van der Waals surface area contributed by atoms with E-state index < -0.39 is 15.4 Å². The summed E-state index contributed by atoms with van der Waals surface area (Å²) in [6.07, 6.45) is 1.96. The number of rotatable bonds is 9. The molecule has 180 valence electrons. The van der Waals surface area contributed by atoms with Crippen molar-refractivity contribution in [3.63, 3.8) is 0 Å². The van der Waals surface area contributed by atoms with Gasteiger partial charge in [0.2, 0.25) is 27.5 Å². The summed E-state index contributed by atoms with van der Waals surface area (Å²) in [4.78, 5) is 17.0. The fraction of sp³-hybridized carbons (Fsp3) is 0.591. The van der Waals surface area contributed by atoms with E-state index in [-0.39, 0.29) is 41.1 Å². The molecule has 2 fully saturated rings. The summed E-state index contributed by atoms with van der Waals surface area (Å²) >= 11 is 0. The van der Waals surface area contributed by atoms with Crippen LogP contribution in [0.4, 0.5) is 0 Å². The molecule has 1 aromatic carbocycles. The molecule has 2 bridgehead atoms. The number of hydrogen-bond donors (Lipinski definition) is 1. The Kier molecular flexibility index (Phi) is 5.90. The van der Waals surface area contributed by atoms with Crippen LogP contribution in [0.2, 0.25) is 0 Å². The van der Waals surface area contributed by atoms with Crippen LogP contribution in [0, 0.1) is 16.7 Å². The highest BCUT2D eigenvalue weighted by Crippen LogP contribution is 2.64. The number of nitrogens with one attached hydrogen (secondary N) is 1. The summed E-state index contributed by atoms with van der Waals surface area (Å²) in [5.41, 5.74) is -0.612. The lowest BCUT2D eigenvalue weighted by molar-refractivity contribution is -0.128. The van der Waals surface area contributed by atoms with Gasteiger partial charge in [-0.3, -0.25) is 4.79 Å². The number of hydrogen-bond acceptors (Lipinski definition) is 9. The van der Waals surface area contributed by atoms with E-state index in [1.165, 1.54) is 21.3 Å². The van der Waals surface area contributed by atoms with Crippen LogP contribution in [-0.4, -0.2) is 51.4 Å². The molecule has 2 unspecified atom stereocenters. The molecule has 0 aliphatic heterocycles. The molecule has 2 aliphatic rings. The Morgan fingerprint density at radius 3 is 2.33 bits per heavy atom. The van der Waals surface area contributed by atoms with Crippen LogP contribution in [0.3, 0.4) is 0 Å². The Balaban J connectivity index is 1.49. The lowest BCUT2D eigenvalue weighted by atomic mass is 9.70. The van der Waals surface area contributed by atoms with Crippen molar-refractivity contribution in [1.82, 2.24) is 14.9 Å². The van der Waals surface area contributed by atoms with Gasteiger partial charge in [-0.2, -0.15) is 4.98 Å². The monoisotopic (exact) mass is 479 g/mol. The van der Waals surface area contributed by atoms with E-state index in [2.05, 4.69) is 14.9 Å². The zero-order valence-corrected chi connectivity index (χ0v) is 20.2.